The van der Waals surface area contributed by atoms with Gasteiger partial charge < -0.3 is 5.11 Å². The number of hydrogen-bond acceptors (Lipinski definition) is 3. The number of benzene rings is 2. The van der Waals surface area contributed by atoms with Crippen LogP contribution >= 0.6 is 15.9 Å². The lowest BCUT2D eigenvalue weighted by atomic mass is 10.1. The van der Waals surface area contributed by atoms with Crippen molar-refractivity contribution in [2.75, 3.05) is 4.72 Å². The number of phenols is 1. The van der Waals surface area contributed by atoms with Crippen LogP contribution in [-0.4, -0.2) is 13.5 Å². The summed E-state index contributed by atoms with van der Waals surface area (Å²) in [5.74, 6) is 0.116. The predicted octanol–water partition coefficient (Wildman–Crippen LogP) is 3.57. The first kappa shape index (κ1) is 14.9. The Kier molecular flexibility index (Phi) is 4.06. The summed E-state index contributed by atoms with van der Waals surface area (Å²) in [6.07, 6.45) is 0. The van der Waals surface area contributed by atoms with Gasteiger partial charge in [-0.1, -0.05) is 18.2 Å². The van der Waals surface area contributed by atoms with E-state index >= 15 is 0 Å². The van der Waals surface area contributed by atoms with Crippen LogP contribution in [0.5, 0.6) is 5.75 Å². The van der Waals surface area contributed by atoms with Crippen LogP contribution < -0.4 is 4.72 Å². The molecule has 0 saturated heterocycles. The van der Waals surface area contributed by atoms with Gasteiger partial charge in [-0.15, -0.1) is 0 Å². The molecule has 0 saturated carbocycles. The van der Waals surface area contributed by atoms with Crippen molar-refractivity contribution in [3.8, 4) is 5.75 Å². The summed E-state index contributed by atoms with van der Waals surface area (Å²) in [5, 5.41) is 9.80. The second-order valence-corrected chi connectivity index (χ2v) is 6.92. The third kappa shape index (κ3) is 2.81. The molecular weight excluding hydrogens is 342 g/mol. The molecule has 2 aromatic rings. The molecule has 4 nitrogen and oxygen atoms in total. The van der Waals surface area contributed by atoms with Crippen LogP contribution in [-0.2, 0) is 10.0 Å². The summed E-state index contributed by atoms with van der Waals surface area (Å²) < 4.78 is 27.6. The zero-order valence-electron chi connectivity index (χ0n) is 11.0. The Morgan fingerprint density at radius 2 is 1.75 bits per heavy atom. The molecule has 2 aromatic carbocycles. The van der Waals surface area contributed by atoms with E-state index < -0.39 is 10.0 Å². The number of aromatic hydroxyl groups is 1. The number of nitrogens with one attached hydrogen (secondary N) is 1. The lowest BCUT2D eigenvalue weighted by Crippen LogP contribution is -2.14. The van der Waals surface area contributed by atoms with E-state index in [4.69, 9.17) is 0 Å². The van der Waals surface area contributed by atoms with E-state index in [2.05, 4.69) is 20.7 Å². The fourth-order valence-corrected chi connectivity index (χ4v) is 3.43. The molecule has 0 heterocycles. The summed E-state index contributed by atoms with van der Waals surface area (Å²) >= 11 is 3.26. The molecule has 0 amide bonds. The maximum atomic E-state index is 12.3. The van der Waals surface area contributed by atoms with Gasteiger partial charge in [0.25, 0.3) is 10.0 Å². The van der Waals surface area contributed by atoms with Gasteiger partial charge in [-0.25, -0.2) is 8.42 Å². The van der Waals surface area contributed by atoms with E-state index in [0.29, 0.717) is 21.3 Å². The minimum absolute atomic E-state index is 0.116. The minimum atomic E-state index is -3.63. The van der Waals surface area contributed by atoms with E-state index in [1.165, 1.54) is 12.1 Å². The van der Waals surface area contributed by atoms with Crippen LogP contribution in [0.15, 0.2) is 45.8 Å². The Balaban J connectivity index is 2.46. The van der Waals surface area contributed by atoms with Gasteiger partial charge in [0.2, 0.25) is 0 Å². The quantitative estimate of drug-likeness (QED) is 0.827. The second-order valence-electron chi connectivity index (χ2n) is 4.45. The molecule has 0 spiro atoms. The normalized spacial score (nSPS) is 11.3. The molecule has 0 aliphatic carbocycles. The molecule has 0 unspecified atom stereocenters. The van der Waals surface area contributed by atoms with Crippen LogP contribution in [0.4, 0.5) is 5.69 Å². The number of sulfonamides is 1. The Hall–Kier alpha value is -1.53. The zero-order chi connectivity index (χ0) is 14.9. The number of anilines is 1. The minimum Gasteiger partial charge on any atom is -0.506 e. The third-order valence-electron chi connectivity index (χ3n) is 2.97. The van der Waals surface area contributed by atoms with Crippen LogP contribution in [0.1, 0.15) is 11.1 Å². The zero-order valence-corrected chi connectivity index (χ0v) is 13.4. The highest BCUT2D eigenvalue weighted by Crippen LogP contribution is 2.36. The van der Waals surface area contributed by atoms with Gasteiger partial charge >= 0.3 is 0 Å². The first-order chi connectivity index (χ1) is 9.33. The second kappa shape index (κ2) is 5.46. The first-order valence-electron chi connectivity index (χ1n) is 5.89. The lowest BCUT2D eigenvalue weighted by molar-refractivity contribution is 0.467. The van der Waals surface area contributed by atoms with E-state index in [0.717, 1.165) is 0 Å². The number of aryl methyl sites for hydroxylation is 1. The third-order valence-corrected chi connectivity index (χ3v) is 5.33. The smallest absolute Gasteiger partial charge is 0.261 e. The molecule has 0 atom stereocenters. The van der Waals surface area contributed by atoms with E-state index in [-0.39, 0.29) is 10.6 Å². The summed E-state index contributed by atoms with van der Waals surface area (Å²) in [7, 11) is -3.63. The molecule has 0 aliphatic heterocycles. The van der Waals surface area contributed by atoms with Gasteiger partial charge in [0.05, 0.1) is 15.1 Å². The highest BCUT2D eigenvalue weighted by atomic mass is 79.9. The van der Waals surface area contributed by atoms with Gasteiger partial charge in [-0.05, 0) is 59.1 Å². The molecule has 0 aromatic heterocycles. The monoisotopic (exact) mass is 355 g/mol. The first-order valence-corrected chi connectivity index (χ1v) is 8.17. The van der Waals surface area contributed by atoms with Crippen LogP contribution in [0.25, 0.3) is 0 Å². The SMILES string of the molecule is Cc1cc(NS(=O)(=O)c2ccccc2)c(C)c(Br)c1O. The Bertz CT molecular complexity index is 743. The fraction of sp³-hybridized carbons (Fsp3) is 0.143. The topological polar surface area (TPSA) is 66.4 Å². The number of halogens is 1. The number of hydrogen-bond donors (Lipinski definition) is 2. The van der Waals surface area contributed by atoms with Crippen LogP contribution in [0.3, 0.4) is 0 Å². The highest BCUT2D eigenvalue weighted by Gasteiger charge is 2.17. The van der Waals surface area contributed by atoms with Crippen LogP contribution in [0.2, 0.25) is 0 Å². The van der Waals surface area contributed by atoms with Crippen molar-refractivity contribution >= 4 is 31.6 Å². The summed E-state index contributed by atoms with van der Waals surface area (Å²) in [6.45, 7) is 3.44. The van der Waals surface area contributed by atoms with Crippen molar-refractivity contribution in [2.24, 2.45) is 0 Å². The summed E-state index contributed by atoms with van der Waals surface area (Å²) in [4.78, 5) is 0.196. The van der Waals surface area contributed by atoms with E-state index in [9.17, 15) is 13.5 Å². The van der Waals surface area contributed by atoms with Crippen LogP contribution in [0, 0.1) is 13.8 Å². The molecule has 2 N–H and O–H groups in total. The van der Waals surface area contributed by atoms with E-state index in [1.54, 1.807) is 38.1 Å². The average Bonchev–Trinajstić information content (AvgIpc) is 2.43. The Morgan fingerprint density at radius 3 is 2.35 bits per heavy atom. The van der Waals surface area contributed by atoms with Crippen molar-refractivity contribution in [3.63, 3.8) is 0 Å². The summed E-state index contributed by atoms with van der Waals surface area (Å²) in [5.41, 5.74) is 1.66. The number of rotatable bonds is 3. The lowest BCUT2D eigenvalue weighted by Gasteiger charge is -2.14. The molecule has 2 rings (SSSR count). The van der Waals surface area contributed by atoms with Gasteiger partial charge in [-0.3, -0.25) is 4.72 Å². The molecule has 0 bridgehead atoms. The van der Waals surface area contributed by atoms with Crippen molar-refractivity contribution in [1.82, 2.24) is 0 Å². The van der Waals surface area contributed by atoms with Crippen molar-refractivity contribution in [1.29, 1.82) is 0 Å². The van der Waals surface area contributed by atoms with Gasteiger partial charge in [0.1, 0.15) is 5.75 Å². The van der Waals surface area contributed by atoms with Crippen molar-refractivity contribution in [2.45, 2.75) is 18.7 Å². The van der Waals surface area contributed by atoms with Crippen molar-refractivity contribution in [3.05, 3.63) is 52.0 Å². The maximum Gasteiger partial charge on any atom is 0.261 e. The molecule has 0 aliphatic rings. The van der Waals surface area contributed by atoms with Gasteiger partial charge in [-0.2, -0.15) is 0 Å². The van der Waals surface area contributed by atoms with Crippen molar-refractivity contribution < 1.29 is 13.5 Å². The van der Waals surface area contributed by atoms with E-state index in [1.807, 2.05) is 0 Å². The fourth-order valence-electron chi connectivity index (χ4n) is 1.77. The average molecular weight is 356 g/mol. The molecular formula is C14H14BrNO3S. The van der Waals surface area contributed by atoms with Gasteiger partial charge in [0.15, 0.2) is 0 Å². The number of phenolic OH excluding ortho intramolecular Hbond substituents is 1. The largest absolute Gasteiger partial charge is 0.506 e. The molecule has 106 valence electrons. The maximum absolute atomic E-state index is 12.3. The predicted molar refractivity (Wildman–Crippen MR) is 82.5 cm³/mol. The summed E-state index contributed by atoms with van der Waals surface area (Å²) in [6, 6.07) is 9.75. The van der Waals surface area contributed by atoms with Gasteiger partial charge in [0, 0.05) is 0 Å². The molecule has 0 fully saturated rings. The molecule has 6 heteroatoms. The highest BCUT2D eigenvalue weighted by molar-refractivity contribution is 9.10. The standard InChI is InChI=1S/C14H14BrNO3S/c1-9-8-12(10(2)13(15)14(9)17)16-20(18,19)11-6-4-3-5-7-11/h3-8,16-17H,1-2H3. The Labute approximate surface area is 126 Å². The molecule has 20 heavy (non-hydrogen) atoms. The molecule has 0 radical (unpaired) electrons. The Morgan fingerprint density at radius 1 is 1.15 bits per heavy atom.